The number of anilines is 1. The number of nitrogens with zero attached hydrogens (tertiary/aromatic N) is 1. The van der Waals surface area contributed by atoms with Gasteiger partial charge in [0.1, 0.15) is 24.4 Å². The summed E-state index contributed by atoms with van der Waals surface area (Å²) in [7, 11) is 0. The molecule has 0 heterocycles. The van der Waals surface area contributed by atoms with Crippen LogP contribution in [0.3, 0.4) is 0 Å². The third kappa shape index (κ3) is 4.93. The van der Waals surface area contributed by atoms with Crippen molar-refractivity contribution in [2.45, 2.75) is 24.4 Å². The molecule has 0 fully saturated rings. The van der Waals surface area contributed by atoms with E-state index in [1.54, 1.807) is 24.3 Å². The van der Waals surface area contributed by atoms with Gasteiger partial charge in [-0.1, -0.05) is 18.2 Å². The maximum Gasteiger partial charge on any atom is 0.119 e. The molecule has 106 valence electrons. The molecular weight excluding hydrogens is 252 g/mol. The molecular formula is C12H18N2O5. The van der Waals surface area contributed by atoms with E-state index in [-0.39, 0.29) is 0 Å². The predicted molar refractivity (Wildman–Crippen MR) is 69.7 cm³/mol. The number of aliphatic hydroxyl groups excluding tert-OH is 5. The van der Waals surface area contributed by atoms with Crippen molar-refractivity contribution in [1.82, 2.24) is 0 Å². The molecule has 0 saturated heterocycles. The lowest BCUT2D eigenvalue weighted by molar-refractivity contribution is -0.0999. The first-order valence-electron chi connectivity index (χ1n) is 5.73. The highest BCUT2D eigenvalue weighted by Gasteiger charge is 2.29. The Bertz CT molecular complexity index is 387. The van der Waals surface area contributed by atoms with Gasteiger partial charge in [0.2, 0.25) is 0 Å². The van der Waals surface area contributed by atoms with Gasteiger partial charge >= 0.3 is 0 Å². The summed E-state index contributed by atoms with van der Waals surface area (Å²) in [5.74, 6) is 0. The quantitative estimate of drug-likeness (QED) is 0.265. The van der Waals surface area contributed by atoms with Crippen molar-refractivity contribution < 1.29 is 25.5 Å². The van der Waals surface area contributed by atoms with Gasteiger partial charge in [-0.3, -0.25) is 5.43 Å². The highest BCUT2D eigenvalue weighted by atomic mass is 16.4. The molecule has 0 spiro atoms. The average Bonchev–Trinajstić information content (AvgIpc) is 2.45. The number of benzene rings is 1. The van der Waals surface area contributed by atoms with Crippen molar-refractivity contribution in [1.29, 1.82) is 0 Å². The van der Waals surface area contributed by atoms with Gasteiger partial charge in [-0.15, -0.1) is 0 Å². The molecule has 6 N–H and O–H groups in total. The van der Waals surface area contributed by atoms with Gasteiger partial charge < -0.3 is 25.5 Å². The molecule has 0 aliphatic rings. The largest absolute Gasteiger partial charge is 0.394 e. The van der Waals surface area contributed by atoms with Crippen LogP contribution in [0.25, 0.3) is 0 Å². The van der Waals surface area contributed by atoms with Gasteiger partial charge in [0, 0.05) is 0 Å². The van der Waals surface area contributed by atoms with Crippen molar-refractivity contribution >= 4 is 11.9 Å². The van der Waals surface area contributed by atoms with Gasteiger partial charge in [-0.05, 0) is 12.1 Å². The summed E-state index contributed by atoms with van der Waals surface area (Å²) >= 11 is 0. The molecule has 0 aliphatic heterocycles. The fraction of sp³-hybridized carbons (Fsp3) is 0.417. The fourth-order valence-corrected chi connectivity index (χ4v) is 1.33. The molecule has 0 amide bonds. The maximum absolute atomic E-state index is 9.52. The van der Waals surface area contributed by atoms with E-state index in [0.717, 1.165) is 6.21 Å². The van der Waals surface area contributed by atoms with Crippen molar-refractivity contribution in [2.75, 3.05) is 12.0 Å². The monoisotopic (exact) mass is 270 g/mol. The van der Waals surface area contributed by atoms with Gasteiger partial charge in [-0.25, -0.2) is 0 Å². The predicted octanol–water partition coefficient (Wildman–Crippen LogP) is -1.48. The third-order valence-corrected chi connectivity index (χ3v) is 2.48. The first-order valence-corrected chi connectivity index (χ1v) is 5.73. The molecule has 1 aromatic carbocycles. The van der Waals surface area contributed by atoms with Crippen LogP contribution in [0, 0.1) is 0 Å². The smallest absolute Gasteiger partial charge is 0.119 e. The van der Waals surface area contributed by atoms with E-state index in [9.17, 15) is 15.3 Å². The summed E-state index contributed by atoms with van der Waals surface area (Å²) in [6.45, 7) is -0.718. The van der Waals surface area contributed by atoms with Crippen LogP contribution in [0.4, 0.5) is 5.69 Å². The van der Waals surface area contributed by atoms with E-state index in [0.29, 0.717) is 5.69 Å². The number of hydrogen-bond acceptors (Lipinski definition) is 7. The fourth-order valence-electron chi connectivity index (χ4n) is 1.33. The normalized spacial score (nSPS) is 17.9. The van der Waals surface area contributed by atoms with Crippen molar-refractivity contribution in [3.8, 4) is 0 Å². The zero-order valence-electron chi connectivity index (χ0n) is 10.2. The zero-order valence-corrected chi connectivity index (χ0v) is 10.2. The van der Waals surface area contributed by atoms with Crippen molar-refractivity contribution in [3.63, 3.8) is 0 Å². The topological polar surface area (TPSA) is 126 Å². The lowest BCUT2D eigenvalue weighted by atomic mass is 10.0. The van der Waals surface area contributed by atoms with Crippen LogP contribution in [-0.4, -0.2) is 62.8 Å². The second kappa shape index (κ2) is 7.82. The number of para-hydroxylation sites is 1. The summed E-state index contributed by atoms with van der Waals surface area (Å²) in [5.41, 5.74) is 3.31. The standard InChI is InChI=1S/C12H18N2O5/c15-7-10(17)12(19)11(18)9(16)6-13-14-8-4-2-1-3-5-8/h1-6,9-12,14-19H,7H2/b13-6+/t9-,10-,11+,12-/m1/s1. The van der Waals surface area contributed by atoms with E-state index >= 15 is 0 Å². The first kappa shape index (κ1) is 15.5. The minimum atomic E-state index is -1.66. The molecule has 0 saturated carbocycles. The molecule has 7 nitrogen and oxygen atoms in total. The third-order valence-electron chi connectivity index (χ3n) is 2.48. The molecule has 7 heteroatoms. The second-order valence-electron chi connectivity index (χ2n) is 3.98. The van der Waals surface area contributed by atoms with Gasteiger partial charge in [0.05, 0.1) is 18.5 Å². The van der Waals surface area contributed by atoms with Crippen LogP contribution in [0.2, 0.25) is 0 Å². The van der Waals surface area contributed by atoms with Gasteiger partial charge in [0.15, 0.2) is 0 Å². The van der Waals surface area contributed by atoms with E-state index in [1.165, 1.54) is 0 Å². The Morgan fingerprint density at radius 3 is 2.26 bits per heavy atom. The number of nitrogens with one attached hydrogen (secondary N) is 1. The van der Waals surface area contributed by atoms with Crippen molar-refractivity contribution in [2.24, 2.45) is 5.10 Å². The Labute approximate surface area is 110 Å². The molecule has 1 rings (SSSR count). The summed E-state index contributed by atoms with van der Waals surface area (Å²) in [6.07, 6.45) is -5.33. The molecule has 0 aliphatic carbocycles. The minimum absolute atomic E-state index is 0.691. The van der Waals surface area contributed by atoms with E-state index < -0.39 is 31.0 Å². The molecule has 4 atom stereocenters. The average molecular weight is 270 g/mol. The molecule has 0 aromatic heterocycles. The zero-order chi connectivity index (χ0) is 14.3. The molecule has 0 unspecified atom stereocenters. The van der Waals surface area contributed by atoms with Crippen LogP contribution in [0.5, 0.6) is 0 Å². The Balaban J connectivity index is 2.47. The highest BCUT2D eigenvalue weighted by Crippen LogP contribution is 2.06. The first-order chi connectivity index (χ1) is 9.06. The summed E-state index contributed by atoms with van der Waals surface area (Å²) in [4.78, 5) is 0. The van der Waals surface area contributed by atoms with Crippen LogP contribution >= 0.6 is 0 Å². The van der Waals surface area contributed by atoms with Crippen LogP contribution < -0.4 is 5.43 Å². The Morgan fingerprint density at radius 2 is 1.68 bits per heavy atom. The van der Waals surface area contributed by atoms with E-state index in [2.05, 4.69) is 10.5 Å². The minimum Gasteiger partial charge on any atom is -0.394 e. The van der Waals surface area contributed by atoms with Gasteiger partial charge in [0.25, 0.3) is 0 Å². The second-order valence-corrected chi connectivity index (χ2v) is 3.98. The van der Waals surface area contributed by atoms with Crippen LogP contribution in [0.1, 0.15) is 0 Å². The van der Waals surface area contributed by atoms with Gasteiger partial charge in [-0.2, -0.15) is 5.10 Å². The molecule has 0 radical (unpaired) electrons. The summed E-state index contributed by atoms with van der Waals surface area (Å²) < 4.78 is 0. The Hall–Kier alpha value is -1.51. The summed E-state index contributed by atoms with van der Waals surface area (Å²) in [6, 6.07) is 8.93. The van der Waals surface area contributed by atoms with E-state index in [1.807, 2.05) is 6.07 Å². The SMILES string of the molecule is OC[C@@H](O)[C@@H](O)[C@@H](O)[C@H](O)/C=N/Nc1ccccc1. The lowest BCUT2D eigenvalue weighted by Gasteiger charge is -2.23. The number of aliphatic hydroxyl groups is 5. The molecule has 0 bridgehead atoms. The lowest BCUT2D eigenvalue weighted by Crippen LogP contribution is -2.46. The van der Waals surface area contributed by atoms with Crippen molar-refractivity contribution in [3.05, 3.63) is 30.3 Å². The number of hydrazone groups is 1. The van der Waals surface area contributed by atoms with Crippen LogP contribution in [0.15, 0.2) is 35.4 Å². The Morgan fingerprint density at radius 1 is 1.05 bits per heavy atom. The number of rotatable bonds is 7. The Kier molecular flexibility index (Phi) is 6.40. The highest BCUT2D eigenvalue weighted by molar-refractivity contribution is 5.65. The number of hydrogen-bond donors (Lipinski definition) is 6. The van der Waals surface area contributed by atoms with Crippen LogP contribution in [-0.2, 0) is 0 Å². The summed E-state index contributed by atoms with van der Waals surface area (Å²) in [5, 5.41) is 49.8. The maximum atomic E-state index is 9.52. The molecule has 1 aromatic rings. The van der Waals surface area contributed by atoms with E-state index in [4.69, 9.17) is 10.2 Å². The molecule has 19 heavy (non-hydrogen) atoms.